The van der Waals surface area contributed by atoms with E-state index in [0.717, 1.165) is 0 Å². The first-order valence-electron chi connectivity index (χ1n) is 7.19. The van der Waals surface area contributed by atoms with E-state index in [0.29, 0.717) is 21.2 Å². The zero-order valence-electron chi connectivity index (χ0n) is 13.1. The van der Waals surface area contributed by atoms with Crippen LogP contribution in [0.15, 0.2) is 27.7 Å². The summed E-state index contributed by atoms with van der Waals surface area (Å²) in [6.07, 6.45) is 1.77. The summed E-state index contributed by atoms with van der Waals surface area (Å²) in [4.78, 5) is 8.60. The molecule has 126 valence electrons. The fraction of sp³-hybridized carbons (Fsp3) is 0.0625. The van der Waals surface area contributed by atoms with E-state index in [1.54, 1.807) is 24.4 Å². The van der Waals surface area contributed by atoms with Crippen molar-refractivity contribution >= 4 is 39.2 Å². The van der Waals surface area contributed by atoms with Gasteiger partial charge in [0.05, 0.1) is 11.3 Å². The van der Waals surface area contributed by atoms with E-state index < -0.39 is 6.04 Å². The third-order valence-electron chi connectivity index (χ3n) is 3.81. The third kappa shape index (κ3) is 2.63. The van der Waals surface area contributed by atoms with Crippen molar-refractivity contribution in [1.82, 2.24) is 10.3 Å². The van der Waals surface area contributed by atoms with Gasteiger partial charge in [-0.3, -0.25) is 5.32 Å². The Morgan fingerprint density at radius 2 is 1.88 bits per heavy atom. The molecule has 1 aromatic heterocycles. The number of benzene rings is 1. The molecular weight excluding hydrogens is 398 g/mol. The number of halogens is 1. The Balaban J connectivity index is 2.33. The SMILES string of the molecule is N#CNC1=NC(c2cccc(Br)c2C#N)c2c(nc(N)c(C#N)c2N)N1. The van der Waals surface area contributed by atoms with Crippen LogP contribution in [0.3, 0.4) is 0 Å². The molecule has 1 unspecified atom stereocenters. The van der Waals surface area contributed by atoms with Crippen molar-refractivity contribution in [3.8, 4) is 18.3 Å². The number of aromatic nitrogens is 1. The van der Waals surface area contributed by atoms with Crippen LogP contribution in [0.2, 0.25) is 0 Å². The fourth-order valence-electron chi connectivity index (χ4n) is 2.69. The molecule has 0 spiro atoms. The predicted molar refractivity (Wildman–Crippen MR) is 98.3 cm³/mol. The summed E-state index contributed by atoms with van der Waals surface area (Å²) in [6, 6.07) is 8.50. The van der Waals surface area contributed by atoms with Gasteiger partial charge in [-0.1, -0.05) is 12.1 Å². The van der Waals surface area contributed by atoms with Crippen molar-refractivity contribution in [3.05, 3.63) is 44.9 Å². The van der Waals surface area contributed by atoms with Gasteiger partial charge < -0.3 is 16.8 Å². The van der Waals surface area contributed by atoms with Gasteiger partial charge in [-0.15, -0.1) is 0 Å². The molecule has 3 rings (SSSR count). The predicted octanol–water partition coefficient (Wildman–Crippen LogP) is 1.69. The van der Waals surface area contributed by atoms with Crippen molar-refractivity contribution in [2.75, 3.05) is 16.8 Å². The molecule has 10 heteroatoms. The Morgan fingerprint density at radius 1 is 1.15 bits per heavy atom. The molecule has 2 heterocycles. The highest BCUT2D eigenvalue weighted by molar-refractivity contribution is 9.10. The van der Waals surface area contributed by atoms with Crippen molar-refractivity contribution in [1.29, 1.82) is 15.8 Å². The van der Waals surface area contributed by atoms with Crippen LogP contribution in [0.5, 0.6) is 0 Å². The van der Waals surface area contributed by atoms with Crippen LogP contribution < -0.4 is 22.1 Å². The molecule has 9 nitrogen and oxygen atoms in total. The second-order valence-corrected chi connectivity index (χ2v) is 6.07. The molecule has 0 radical (unpaired) electrons. The molecule has 1 aliphatic heterocycles. The number of aliphatic imine (C=N–C) groups is 1. The van der Waals surface area contributed by atoms with Crippen LogP contribution in [0.1, 0.15) is 28.3 Å². The summed E-state index contributed by atoms with van der Waals surface area (Å²) in [5.41, 5.74) is 13.4. The molecule has 0 fully saturated rings. The van der Waals surface area contributed by atoms with Crippen LogP contribution >= 0.6 is 15.9 Å². The number of hydrogen-bond acceptors (Lipinski definition) is 9. The quantitative estimate of drug-likeness (QED) is 0.407. The van der Waals surface area contributed by atoms with E-state index >= 15 is 0 Å². The van der Waals surface area contributed by atoms with Crippen LogP contribution in [0, 0.1) is 34.1 Å². The van der Waals surface area contributed by atoms with Gasteiger partial charge >= 0.3 is 0 Å². The zero-order valence-corrected chi connectivity index (χ0v) is 14.7. The number of guanidine groups is 1. The molecule has 0 aliphatic carbocycles. The minimum atomic E-state index is -0.755. The number of pyridine rings is 1. The number of nitrogens with one attached hydrogen (secondary N) is 2. The summed E-state index contributed by atoms with van der Waals surface area (Å²) in [5, 5.41) is 33.0. The van der Waals surface area contributed by atoms with E-state index in [1.165, 1.54) is 0 Å². The molecule has 1 atom stereocenters. The van der Waals surface area contributed by atoms with Crippen molar-refractivity contribution in [3.63, 3.8) is 0 Å². The van der Waals surface area contributed by atoms with Crippen molar-refractivity contribution < 1.29 is 0 Å². The highest BCUT2D eigenvalue weighted by Gasteiger charge is 2.31. The van der Waals surface area contributed by atoms with Gasteiger partial charge in [-0.25, -0.2) is 9.98 Å². The number of nitriles is 3. The van der Waals surface area contributed by atoms with Crippen molar-refractivity contribution in [2.24, 2.45) is 4.99 Å². The number of rotatable bonds is 1. The normalized spacial score (nSPS) is 14.7. The van der Waals surface area contributed by atoms with Gasteiger partial charge in [0.1, 0.15) is 35.4 Å². The lowest BCUT2D eigenvalue weighted by Crippen LogP contribution is -2.33. The Hall–Kier alpha value is -3.81. The summed E-state index contributed by atoms with van der Waals surface area (Å²) in [5.74, 6) is 0.355. The first-order valence-corrected chi connectivity index (χ1v) is 7.98. The molecule has 0 saturated carbocycles. The number of hydrogen-bond donors (Lipinski definition) is 4. The van der Waals surface area contributed by atoms with Gasteiger partial charge in [0.15, 0.2) is 6.19 Å². The average molecular weight is 408 g/mol. The average Bonchev–Trinajstić information content (AvgIpc) is 2.61. The highest BCUT2D eigenvalue weighted by Crippen LogP contribution is 2.42. The molecule has 0 saturated heterocycles. The maximum absolute atomic E-state index is 9.53. The lowest BCUT2D eigenvalue weighted by Gasteiger charge is -2.26. The second-order valence-electron chi connectivity index (χ2n) is 5.22. The number of anilines is 3. The lowest BCUT2D eigenvalue weighted by atomic mass is 9.92. The fourth-order valence-corrected chi connectivity index (χ4v) is 3.16. The third-order valence-corrected chi connectivity index (χ3v) is 4.47. The Labute approximate surface area is 156 Å². The molecule has 6 N–H and O–H groups in total. The standard InChI is InChI=1S/C16H10BrN9/c17-10-3-1-2-7(8(10)4-18)13-11-12(21)9(5-19)14(22)25-15(11)26-16(24-13)23-6-20/h1-3,13H,(H6,21,22,23,24,25,26). The second kappa shape index (κ2) is 6.60. The van der Waals surface area contributed by atoms with E-state index in [4.69, 9.17) is 16.7 Å². The van der Waals surface area contributed by atoms with E-state index in [-0.39, 0.29) is 28.8 Å². The number of fused-ring (bicyclic) bond motifs is 1. The number of nitrogens with zero attached hydrogens (tertiary/aromatic N) is 5. The van der Waals surface area contributed by atoms with E-state index in [1.807, 2.05) is 6.07 Å². The molecule has 0 amide bonds. The summed E-state index contributed by atoms with van der Waals surface area (Å²) >= 11 is 3.34. The van der Waals surface area contributed by atoms with E-state index in [2.05, 4.69) is 42.6 Å². The Kier molecular flexibility index (Phi) is 4.32. The largest absolute Gasteiger partial charge is 0.397 e. The maximum Gasteiger partial charge on any atom is 0.211 e. The first kappa shape index (κ1) is 17.0. The van der Waals surface area contributed by atoms with Gasteiger partial charge in [-0.2, -0.15) is 15.8 Å². The van der Waals surface area contributed by atoms with Crippen LogP contribution in [0.4, 0.5) is 17.3 Å². The molecule has 2 aromatic rings. The van der Waals surface area contributed by atoms with Crippen LogP contribution in [-0.4, -0.2) is 10.9 Å². The van der Waals surface area contributed by atoms with Crippen molar-refractivity contribution in [2.45, 2.75) is 6.04 Å². The minimum absolute atomic E-state index is 0.0379. The zero-order chi connectivity index (χ0) is 18.8. The van der Waals surface area contributed by atoms with Gasteiger partial charge in [0, 0.05) is 15.6 Å². The topological polar surface area (TPSA) is 173 Å². The monoisotopic (exact) mass is 407 g/mol. The Bertz CT molecular complexity index is 1070. The minimum Gasteiger partial charge on any atom is -0.397 e. The number of nitrogen functional groups attached to an aromatic ring is 2. The van der Waals surface area contributed by atoms with Gasteiger partial charge in [0.2, 0.25) is 5.96 Å². The lowest BCUT2D eigenvalue weighted by molar-refractivity contribution is 0.842. The number of nitrogens with two attached hydrogens (primary N) is 2. The summed E-state index contributed by atoms with van der Waals surface area (Å²) < 4.78 is 0.588. The molecular formula is C16H10BrN9. The molecule has 26 heavy (non-hydrogen) atoms. The Morgan fingerprint density at radius 3 is 2.54 bits per heavy atom. The maximum atomic E-state index is 9.53. The van der Waals surface area contributed by atoms with Gasteiger partial charge in [0.25, 0.3) is 0 Å². The smallest absolute Gasteiger partial charge is 0.211 e. The summed E-state index contributed by atoms with van der Waals surface area (Å²) in [6.45, 7) is 0. The molecule has 0 bridgehead atoms. The van der Waals surface area contributed by atoms with Crippen LogP contribution in [-0.2, 0) is 0 Å². The first-order chi connectivity index (χ1) is 12.5. The van der Waals surface area contributed by atoms with Crippen LogP contribution in [0.25, 0.3) is 0 Å². The van der Waals surface area contributed by atoms with E-state index in [9.17, 15) is 10.5 Å². The highest BCUT2D eigenvalue weighted by atomic mass is 79.9. The molecule has 1 aliphatic rings. The summed E-state index contributed by atoms with van der Waals surface area (Å²) in [7, 11) is 0. The molecule has 1 aromatic carbocycles. The van der Waals surface area contributed by atoms with Gasteiger partial charge in [-0.05, 0) is 22.0 Å².